The van der Waals surface area contributed by atoms with E-state index in [-0.39, 0.29) is 25.4 Å². The van der Waals surface area contributed by atoms with Crippen molar-refractivity contribution in [1.29, 1.82) is 0 Å². The molecule has 2 aromatic carbocycles. The summed E-state index contributed by atoms with van der Waals surface area (Å²) in [6.45, 7) is 7.26. The molecule has 180 valence electrons. The molecule has 0 radical (unpaired) electrons. The lowest BCUT2D eigenvalue weighted by atomic mass is 10.0. The molecule has 0 amide bonds. The van der Waals surface area contributed by atoms with Gasteiger partial charge in [-0.05, 0) is 20.3 Å². The maximum Gasteiger partial charge on any atom is 0.329 e. The number of carboxylic acid groups (broad SMARTS) is 1. The van der Waals surface area contributed by atoms with Gasteiger partial charge in [0.15, 0.2) is 0 Å². The first-order valence-corrected chi connectivity index (χ1v) is 11.6. The predicted octanol–water partition coefficient (Wildman–Crippen LogP) is 4.92. The quantitative estimate of drug-likeness (QED) is 0.385. The average molecular weight is 464 g/mol. The normalized spacial score (nSPS) is 12.0. The lowest BCUT2D eigenvalue weighted by Gasteiger charge is -2.29. The van der Waals surface area contributed by atoms with E-state index >= 15 is 0 Å². The topological polar surface area (TPSA) is 84.8 Å². The molecule has 1 aromatic heterocycles. The lowest BCUT2D eigenvalue weighted by Crippen LogP contribution is -2.36. The molecule has 0 saturated heterocycles. The smallest absolute Gasteiger partial charge is 0.329 e. The number of aromatic nitrogens is 2. The van der Waals surface area contributed by atoms with Gasteiger partial charge in [0.1, 0.15) is 12.4 Å². The summed E-state index contributed by atoms with van der Waals surface area (Å²) >= 11 is 0. The maximum absolute atomic E-state index is 10.7. The summed E-state index contributed by atoms with van der Waals surface area (Å²) in [7, 11) is 0. The fraction of sp³-hybridized carbons (Fsp3) is 0.370. The zero-order chi connectivity index (χ0) is 24.3. The third-order valence-electron chi connectivity index (χ3n) is 5.44. The summed E-state index contributed by atoms with van der Waals surface area (Å²) in [6.07, 6.45) is 2.41. The summed E-state index contributed by atoms with van der Waals surface area (Å²) < 4.78 is 11.2. The van der Waals surface area contributed by atoms with Crippen molar-refractivity contribution in [3.8, 4) is 22.5 Å². The van der Waals surface area contributed by atoms with Crippen LogP contribution in [-0.2, 0) is 14.3 Å². The molecule has 0 unspecified atom stereocenters. The number of carboxylic acids is 1. The van der Waals surface area contributed by atoms with Crippen LogP contribution in [0.1, 0.15) is 27.2 Å². The zero-order valence-electron chi connectivity index (χ0n) is 20.1. The van der Waals surface area contributed by atoms with Gasteiger partial charge in [0, 0.05) is 23.7 Å². The van der Waals surface area contributed by atoms with Gasteiger partial charge >= 0.3 is 5.97 Å². The van der Waals surface area contributed by atoms with Gasteiger partial charge in [-0.3, -0.25) is 4.98 Å². The van der Waals surface area contributed by atoms with E-state index in [2.05, 4.69) is 18.7 Å². The summed E-state index contributed by atoms with van der Waals surface area (Å²) in [5.74, 6) is -0.195. The fourth-order valence-corrected chi connectivity index (χ4v) is 3.64. The number of rotatable bonds is 13. The Balaban J connectivity index is 1.79. The van der Waals surface area contributed by atoms with Crippen molar-refractivity contribution in [2.75, 3.05) is 31.3 Å². The molecular formula is C27H33N3O4. The fourth-order valence-electron chi connectivity index (χ4n) is 3.64. The first-order valence-electron chi connectivity index (χ1n) is 11.6. The van der Waals surface area contributed by atoms with E-state index in [1.54, 1.807) is 0 Å². The van der Waals surface area contributed by atoms with Crippen LogP contribution in [0.4, 0.5) is 5.82 Å². The number of nitrogens with zero attached hydrogens (tertiary/aromatic N) is 3. The minimum absolute atomic E-state index is 0.153. The molecule has 7 nitrogen and oxygen atoms in total. The molecule has 0 aliphatic carbocycles. The molecule has 34 heavy (non-hydrogen) atoms. The minimum Gasteiger partial charge on any atom is -0.480 e. The highest BCUT2D eigenvalue weighted by Gasteiger charge is 2.18. The standard InChI is InChI=1S/C27H33N3O4/c1-4-23(18-33-19-25(31)32)34-16-15-30(20(2)3)24-17-28-26(21-11-7-5-8-12-21)27(29-24)22-13-9-6-10-14-22/h5-14,17,20,23H,4,15-16,18-19H2,1-3H3,(H,31,32)/t23-/m1/s1. The van der Waals surface area contributed by atoms with Crippen LogP contribution >= 0.6 is 0 Å². The Hall–Kier alpha value is -3.29. The van der Waals surface area contributed by atoms with E-state index in [1.165, 1.54) is 0 Å². The molecule has 1 heterocycles. The Kier molecular flexibility index (Phi) is 9.55. The van der Waals surface area contributed by atoms with Gasteiger partial charge < -0.3 is 19.5 Å². The molecule has 0 saturated carbocycles. The van der Waals surface area contributed by atoms with E-state index in [4.69, 9.17) is 24.5 Å². The lowest BCUT2D eigenvalue weighted by molar-refractivity contribution is -0.143. The van der Waals surface area contributed by atoms with Crippen molar-refractivity contribution < 1.29 is 19.4 Å². The maximum atomic E-state index is 10.7. The molecule has 1 atom stereocenters. The predicted molar refractivity (Wildman–Crippen MR) is 134 cm³/mol. The molecule has 3 aromatic rings. The third kappa shape index (κ3) is 7.10. The van der Waals surface area contributed by atoms with E-state index < -0.39 is 5.97 Å². The minimum atomic E-state index is -0.979. The Morgan fingerprint density at radius 3 is 2.18 bits per heavy atom. The highest BCUT2D eigenvalue weighted by Crippen LogP contribution is 2.30. The summed E-state index contributed by atoms with van der Waals surface area (Å²) in [5.41, 5.74) is 3.71. The van der Waals surface area contributed by atoms with Crippen molar-refractivity contribution in [3.63, 3.8) is 0 Å². The van der Waals surface area contributed by atoms with E-state index in [0.717, 1.165) is 34.8 Å². The molecule has 0 aliphatic rings. The SMILES string of the molecule is CC[C@H](COCC(=O)O)OCCN(c1cnc(-c2ccccc2)c(-c2ccccc2)n1)C(C)C. The molecule has 0 aliphatic heterocycles. The Morgan fingerprint density at radius 2 is 1.62 bits per heavy atom. The average Bonchev–Trinajstić information content (AvgIpc) is 2.86. The first-order chi connectivity index (χ1) is 16.5. The molecule has 7 heteroatoms. The number of hydrogen-bond donors (Lipinski definition) is 1. The Labute approximate surface area is 201 Å². The van der Waals surface area contributed by atoms with Crippen molar-refractivity contribution in [2.24, 2.45) is 0 Å². The number of carbonyl (C=O) groups is 1. The van der Waals surface area contributed by atoms with Crippen LogP contribution < -0.4 is 4.90 Å². The van der Waals surface area contributed by atoms with Crippen LogP contribution in [0.15, 0.2) is 66.9 Å². The largest absolute Gasteiger partial charge is 0.480 e. The van der Waals surface area contributed by atoms with Gasteiger partial charge in [0.2, 0.25) is 0 Å². The monoisotopic (exact) mass is 463 g/mol. The third-order valence-corrected chi connectivity index (χ3v) is 5.44. The molecule has 3 rings (SSSR count). The van der Waals surface area contributed by atoms with E-state index in [1.807, 2.05) is 73.8 Å². The van der Waals surface area contributed by atoms with Gasteiger partial charge in [-0.2, -0.15) is 0 Å². The molecule has 0 spiro atoms. The second kappa shape index (κ2) is 12.8. The molecule has 0 fully saturated rings. The van der Waals surface area contributed by atoms with Gasteiger partial charge in [-0.25, -0.2) is 9.78 Å². The Bertz CT molecular complexity index is 1030. The number of benzene rings is 2. The van der Waals surface area contributed by atoms with E-state index in [9.17, 15) is 4.79 Å². The number of ether oxygens (including phenoxy) is 2. The highest BCUT2D eigenvalue weighted by molar-refractivity contribution is 5.78. The van der Waals surface area contributed by atoms with Gasteiger partial charge in [0.25, 0.3) is 0 Å². The van der Waals surface area contributed by atoms with E-state index in [0.29, 0.717) is 13.2 Å². The zero-order valence-corrected chi connectivity index (χ0v) is 20.1. The second-order valence-electron chi connectivity index (χ2n) is 8.25. The molecule has 0 bridgehead atoms. The van der Waals surface area contributed by atoms with Crippen LogP contribution in [0.5, 0.6) is 0 Å². The molecule has 1 N–H and O–H groups in total. The van der Waals surface area contributed by atoms with Crippen LogP contribution in [0.2, 0.25) is 0 Å². The summed E-state index contributed by atoms with van der Waals surface area (Å²) in [5, 5.41) is 8.75. The van der Waals surface area contributed by atoms with Crippen LogP contribution in [0, 0.1) is 0 Å². The van der Waals surface area contributed by atoms with Crippen molar-refractivity contribution in [2.45, 2.75) is 39.3 Å². The van der Waals surface area contributed by atoms with Crippen molar-refractivity contribution >= 4 is 11.8 Å². The number of anilines is 1. The first kappa shape index (κ1) is 25.3. The number of aliphatic carboxylic acids is 1. The number of hydrogen-bond acceptors (Lipinski definition) is 6. The molecular weight excluding hydrogens is 430 g/mol. The van der Waals surface area contributed by atoms with Crippen LogP contribution in [0.25, 0.3) is 22.5 Å². The summed E-state index contributed by atoms with van der Waals surface area (Å²) in [6, 6.07) is 20.4. The van der Waals surface area contributed by atoms with Crippen LogP contribution in [-0.4, -0.2) is 59.6 Å². The summed E-state index contributed by atoms with van der Waals surface area (Å²) in [4.78, 5) is 22.7. The highest BCUT2D eigenvalue weighted by atomic mass is 16.5. The van der Waals surface area contributed by atoms with Gasteiger partial charge in [-0.1, -0.05) is 67.6 Å². The van der Waals surface area contributed by atoms with Gasteiger partial charge in [0.05, 0.1) is 36.9 Å². The van der Waals surface area contributed by atoms with Crippen LogP contribution in [0.3, 0.4) is 0 Å². The Morgan fingerprint density at radius 1 is 1.00 bits per heavy atom. The second-order valence-corrected chi connectivity index (χ2v) is 8.25. The van der Waals surface area contributed by atoms with Crippen molar-refractivity contribution in [3.05, 3.63) is 66.9 Å². The van der Waals surface area contributed by atoms with Gasteiger partial charge in [-0.15, -0.1) is 0 Å². The van der Waals surface area contributed by atoms with Crippen molar-refractivity contribution in [1.82, 2.24) is 9.97 Å².